The smallest absolute Gasteiger partial charge is 0.334 e. The molecule has 0 spiro atoms. The molecule has 3 N–H and O–H groups in total. The van der Waals surface area contributed by atoms with Crippen LogP contribution in [0.1, 0.15) is 27.0 Å². The summed E-state index contributed by atoms with van der Waals surface area (Å²) >= 11 is 0. The number of hydrogen-bond acceptors (Lipinski definition) is 6. The Labute approximate surface area is 256 Å². The standard InChI is InChI=1S/C33H36N6O5/c1-3-16-37-22-30(41)38-28(18-23-12-14-27(40)15-13-23)32(43)36(20-25-10-7-11-26(17-25)31(42)34-2)21-29(38)39(37)33(44)35-19-24-8-5-4-6-9-24/h3-15,17,28-29,40H,1,16,18-22H2,2H3,(H,34,42)(H,35,44)/t28-,29-/m0/s1. The van der Waals surface area contributed by atoms with E-state index in [1.807, 2.05) is 36.4 Å². The van der Waals surface area contributed by atoms with Gasteiger partial charge in [0, 0.05) is 38.7 Å². The molecule has 0 aromatic heterocycles. The molecule has 11 heteroatoms. The first-order valence-corrected chi connectivity index (χ1v) is 14.4. The third-order valence-corrected chi connectivity index (χ3v) is 7.82. The molecular formula is C33H36N6O5. The number of fused-ring (bicyclic) bond motifs is 1. The first-order chi connectivity index (χ1) is 21.3. The maximum absolute atomic E-state index is 14.1. The minimum absolute atomic E-state index is 0.0628. The van der Waals surface area contributed by atoms with Gasteiger partial charge in [0.05, 0.1) is 13.1 Å². The molecule has 44 heavy (non-hydrogen) atoms. The minimum Gasteiger partial charge on any atom is -0.508 e. The second-order valence-electron chi connectivity index (χ2n) is 10.8. The Bertz CT molecular complexity index is 1530. The maximum atomic E-state index is 14.1. The summed E-state index contributed by atoms with van der Waals surface area (Å²) in [6.45, 7) is 4.49. The first-order valence-electron chi connectivity index (χ1n) is 14.4. The Hall–Kier alpha value is -5.16. The Kier molecular flexibility index (Phi) is 9.25. The lowest BCUT2D eigenvalue weighted by molar-refractivity contribution is -0.189. The highest BCUT2D eigenvalue weighted by Gasteiger charge is 2.51. The van der Waals surface area contributed by atoms with Gasteiger partial charge in [-0.2, -0.15) is 0 Å². The molecule has 0 radical (unpaired) electrons. The van der Waals surface area contributed by atoms with Crippen LogP contribution in [0.15, 0.2) is 91.5 Å². The molecule has 2 aliphatic rings. The Morgan fingerprint density at radius 1 is 0.977 bits per heavy atom. The van der Waals surface area contributed by atoms with Crippen LogP contribution in [0.2, 0.25) is 0 Å². The number of phenols is 1. The van der Waals surface area contributed by atoms with Crippen molar-refractivity contribution in [2.45, 2.75) is 31.7 Å². The molecule has 0 unspecified atom stereocenters. The number of piperazine rings is 1. The number of amides is 5. The van der Waals surface area contributed by atoms with E-state index in [4.69, 9.17) is 0 Å². The Morgan fingerprint density at radius 2 is 1.70 bits per heavy atom. The average Bonchev–Trinajstić information content (AvgIpc) is 3.03. The van der Waals surface area contributed by atoms with Gasteiger partial charge >= 0.3 is 6.03 Å². The molecule has 3 aromatic carbocycles. The summed E-state index contributed by atoms with van der Waals surface area (Å²) in [6, 6.07) is 21.7. The van der Waals surface area contributed by atoms with Crippen LogP contribution < -0.4 is 10.6 Å². The lowest BCUT2D eigenvalue weighted by Gasteiger charge is -2.55. The molecule has 11 nitrogen and oxygen atoms in total. The van der Waals surface area contributed by atoms with E-state index in [2.05, 4.69) is 17.2 Å². The molecule has 0 saturated carbocycles. The summed E-state index contributed by atoms with van der Waals surface area (Å²) in [5, 5.41) is 18.6. The van der Waals surface area contributed by atoms with Gasteiger partial charge in [-0.1, -0.05) is 60.7 Å². The third-order valence-electron chi connectivity index (χ3n) is 7.82. The molecule has 2 heterocycles. The van der Waals surface area contributed by atoms with Crippen LogP contribution in [0.3, 0.4) is 0 Å². The zero-order valence-corrected chi connectivity index (χ0v) is 24.6. The lowest BCUT2D eigenvalue weighted by Crippen LogP contribution is -2.76. The van der Waals surface area contributed by atoms with Crippen LogP contribution in [0, 0.1) is 0 Å². The lowest BCUT2D eigenvalue weighted by atomic mass is 9.98. The van der Waals surface area contributed by atoms with Crippen molar-refractivity contribution in [3.8, 4) is 5.75 Å². The zero-order valence-electron chi connectivity index (χ0n) is 24.6. The molecule has 2 atom stereocenters. The van der Waals surface area contributed by atoms with Gasteiger partial charge < -0.3 is 25.5 Å². The second-order valence-corrected chi connectivity index (χ2v) is 10.8. The fourth-order valence-corrected chi connectivity index (χ4v) is 5.73. The van der Waals surface area contributed by atoms with Crippen molar-refractivity contribution in [3.05, 3.63) is 114 Å². The predicted octanol–water partition coefficient (Wildman–Crippen LogP) is 2.49. The Balaban J connectivity index is 1.50. The van der Waals surface area contributed by atoms with Crippen LogP contribution in [0.4, 0.5) is 4.79 Å². The van der Waals surface area contributed by atoms with E-state index in [1.54, 1.807) is 53.4 Å². The van der Waals surface area contributed by atoms with E-state index < -0.39 is 18.2 Å². The van der Waals surface area contributed by atoms with Gasteiger partial charge in [-0.25, -0.2) is 14.8 Å². The third kappa shape index (κ3) is 6.57. The average molecular weight is 597 g/mol. The number of nitrogens with zero attached hydrogens (tertiary/aromatic N) is 4. The summed E-state index contributed by atoms with van der Waals surface area (Å²) in [4.78, 5) is 57.1. The number of hydrogen-bond donors (Lipinski definition) is 3. The highest BCUT2D eigenvalue weighted by atomic mass is 16.3. The minimum atomic E-state index is -0.900. The highest BCUT2D eigenvalue weighted by Crippen LogP contribution is 2.29. The molecule has 0 bridgehead atoms. The number of carbonyl (C=O) groups excluding carboxylic acids is 4. The van der Waals surface area contributed by atoms with E-state index in [0.29, 0.717) is 5.56 Å². The van der Waals surface area contributed by atoms with Crippen molar-refractivity contribution < 1.29 is 24.3 Å². The van der Waals surface area contributed by atoms with Crippen molar-refractivity contribution in [2.75, 3.05) is 26.7 Å². The number of rotatable bonds is 9. The van der Waals surface area contributed by atoms with E-state index in [0.717, 1.165) is 16.7 Å². The van der Waals surface area contributed by atoms with Gasteiger partial charge in [-0.05, 0) is 41.0 Å². The number of benzene rings is 3. The van der Waals surface area contributed by atoms with Crippen molar-refractivity contribution in [1.82, 2.24) is 30.5 Å². The fraction of sp³-hybridized carbons (Fsp3) is 0.273. The summed E-state index contributed by atoms with van der Waals surface area (Å²) in [6.07, 6.45) is 1.02. The number of phenolic OH excluding ortho intramolecular Hbond substituents is 1. The molecule has 0 aliphatic carbocycles. The SMILES string of the molecule is C=CCN1CC(=O)N2[C@@H](Cc3ccc(O)cc3)C(=O)N(Cc3cccc(C(=O)NC)c3)C[C@@H]2N1C(=O)NCc1ccccc1. The van der Waals surface area contributed by atoms with Gasteiger partial charge in [0.1, 0.15) is 18.0 Å². The van der Waals surface area contributed by atoms with E-state index in [9.17, 15) is 24.3 Å². The molecule has 228 valence electrons. The van der Waals surface area contributed by atoms with Crippen molar-refractivity contribution in [2.24, 2.45) is 0 Å². The number of aromatic hydroxyl groups is 1. The van der Waals surface area contributed by atoms with Gasteiger partial charge in [0.2, 0.25) is 11.8 Å². The number of urea groups is 1. The normalized spacial score (nSPS) is 18.5. The highest BCUT2D eigenvalue weighted by molar-refractivity contribution is 5.94. The van der Waals surface area contributed by atoms with Crippen molar-refractivity contribution >= 4 is 23.8 Å². The summed E-state index contributed by atoms with van der Waals surface area (Å²) in [7, 11) is 1.55. The maximum Gasteiger partial charge on any atom is 0.334 e. The van der Waals surface area contributed by atoms with Crippen molar-refractivity contribution in [3.63, 3.8) is 0 Å². The van der Waals surface area contributed by atoms with Crippen LogP contribution in [0.25, 0.3) is 0 Å². The molecule has 5 amide bonds. The van der Waals surface area contributed by atoms with E-state index in [1.165, 1.54) is 22.0 Å². The van der Waals surface area contributed by atoms with Gasteiger partial charge in [0.15, 0.2) is 0 Å². The van der Waals surface area contributed by atoms with Crippen LogP contribution in [-0.4, -0.2) is 87.6 Å². The monoisotopic (exact) mass is 596 g/mol. The number of carbonyl (C=O) groups is 4. The largest absolute Gasteiger partial charge is 0.508 e. The van der Waals surface area contributed by atoms with Crippen molar-refractivity contribution in [1.29, 1.82) is 0 Å². The number of nitrogens with one attached hydrogen (secondary N) is 2. The van der Waals surface area contributed by atoms with E-state index >= 15 is 0 Å². The summed E-state index contributed by atoms with van der Waals surface area (Å²) < 4.78 is 0. The second kappa shape index (κ2) is 13.4. The topological polar surface area (TPSA) is 126 Å². The van der Waals surface area contributed by atoms with Gasteiger partial charge in [0.25, 0.3) is 5.91 Å². The fourth-order valence-electron chi connectivity index (χ4n) is 5.73. The van der Waals surface area contributed by atoms with Gasteiger partial charge in [-0.15, -0.1) is 6.58 Å². The predicted molar refractivity (Wildman–Crippen MR) is 164 cm³/mol. The zero-order chi connectivity index (χ0) is 31.2. The summed E-state index contributed by atoms with van der Waals surface area (Å²) in [5.41, 5.74) is 2.87. The molecule has 2 saturated heterocycles. The number of hydrazine groups is 1. The first kappa shape index (κ1) is 30.3. The molecule has 2 aliphatic heterocycles. The van der Waals surface area contributed by atoms with Crippen LogP contribution in [-0.2, 0) is 29.1 Å². The quantitative estimate of drug-likeness (QED) is 0.326. The summed E-state index contributed by atoms with van der Waals surface area (Å²) in [5.74, 6) is -0.695. The molecule has 3 aromatic rings. The molecule has 2 fully saturated rings. The molecule has 5 rings (SSSR count). The van der Waals surface area contributed by atoms with Crippen LogP contribution in [0.5, 0.6) is 5.75 Å². The van der Waals surface area contributed by atoms with E-state index in [-0.39, 0.29) is 62.6 Å². The molecular weight excluding hydrogens is 560 g/mol. The Morgan fingerprint density at radius 3 is 2.41 bits per heavy atom. The van der Waals surface area contributed by atoms with Gasteiger partial charge in [-0.3, -0.25) is 14.4 Å². The van der Waals surface area contributed by atoms with Crippen LogP contribution >= 0.6 is 0 Å².